The van der Waals surface area contributed by atoms with E-state index < -0.39 is 9.84 Å². The largest absolute Gasteiger partial charge is 0.497 e. The van der Waals surface area contributed by atoms with Crippen LogP contribution in [0, 0.1) is 5.92 Å². The van der Waals surface area contributed by atoms with Crippen LogP contribution in [0.15, 0.2) is 24.3 Å². The minimum Gasteiger partial charge on any atom is -0.497 e. The summed E-state index contributed by atoms with van der Waals surface area (Å²) in [5.74, 6) is 1.75. The van der Waals surface area contributed by atoms with Crippen molar-refractivity contribution in [1.82, 2.24) is 9.80 Å². The summed E-state index contributed by atoms with van der Waals surface area (Å²) in [5, 5.41) is 0. The summed E-state index contributed by atoms with van der Waals surface area (Å²) in [6.07, 6.45) is 1.06. The van der Waals surface area contributed by atoms with Gasteiger partial charge in [-0.15, -0.1) is 0 Å². The van der Waals surface area contributed by atoms with Gasteiger partial charge in [0, 0.05) is 32.1 Å². The molecule has 1 amide bonds. The summed E-state index contributed by atoms with van der Waals surface area (Å²) in [6.45, 7) is 6.05. The second kappa shape index (κ2) is 9.55. The van der Waals surface area contributed by atoms with E-state index in [1.54, 1.807) is 7.11 Å². The molecule has 0 saturated carbocycles. The zero-order valence-electron chi connectivity index (χ0n) is 16.8. The fourth-order valence-corrected chi connectivity index (χ4v) is 5.19. The molecule has 1 aromatic carbocycles. The van der Waals surface area contributed by atoms with Crippen LogP contribution in [0.5, 0.6) is 5.75 Å². The van der Waals surface area contributed by atoms with Crippen molar-refractivity contribution >= 4 is 15.7 Å². The van der Waals surface area contributed by atoms with Gasteiger partial charge in [0.25, 0.3) is 0 Å². The predicted octanol–water partition coefficient (Wildman–Crippen LogP) is 2.19. The Hall–Kier alpha value is -1.60. The number of ether oxygens (including phenoxy) is 1. The molecule has 2 rings (SSSR count). The number of sulfone groups is 1. The zero-order valence-corrected chi connectivity index (χ0v) is 17.7. The van der Waals surface area contributed by atoms with Gasteiger partial charge in [-0.1, -0.05) is 26.0 Å². The molecule has 1 saturated heterocycles. The summed E-state index contributed by atoms with van der Waals surface area (Å²) < 4.78 is 28.5. The van der Waals surface area contributed by atoms with Gasteiger partial charge in [0.2, 0.25) is 5.91 Å². The molecule has 1 aliphatic rings. The van der Waals surface area contributed by atoms with Crippen LogP contribution >= 0.6 is 0 Å². The Labute approximate surface area is 163 Å². The third-order valence-electron chi connectivity index (χ3n) is 4.98. The van der Waals surface area contributed by atoms with Crippen LogP contribution in [-0.2, 0) is 21.2 Å². The van der Waals surface area contributed by atoms with E-state index in [0.717, 1.165) is 11.3 Å². The van der Waals surface area contributed by atoms with Crippen LogP contribution in [0.3, 0.4) is 0 Å². The summed E-state index contributed by atoms with van der Waals surface area (Å²) in [6, 6.07) is 7.80. The van der Waals surface area contributed by atoms with Crippen LogP contribution in [0.25, 0.3) is 0 Å². The van der Waals surface area contributed by atoms with Crippen molar-refractivity contribution < 1.29 is 17.9 Å². The molecule has 0 unspecified atom stereocenters. The smallest absolute Gasteiger partial charge is 0.224 e. The number of carbonyl (C=O) groups excluding carboxylic acids is 1. The van der Waals surface area contributed by atoms with E-state index in [4.69, 9.17) is 4.74 Å². The maximum atomic E-state index is 12.8. The van der Waals surface area contributed by atoms with Crippen LogP contribution < -0.4 is 4.74 Å². The summed E-state index contributed by atoms with van der Waals surface area (Å²) in [7, 11) is 0.641. The molecule has 0 spiro atoms. The summed E-state index contributed by atoms with van der Waals surface area (Å²) in [4.78, 5) is 16.7. The van der Waals surface area contributed by atoms with Gasteiger partial charge in [-0.25, -0.2) is 8.42 Å². The number of rotatable bonds is 9. The first kappa shape index (κ1) is 21.7. The molecular formula is C20H32N2O4S. The first-order valence-corrected chi connectivity index (χ1v) is 11.3. The van der Waals surface area contributed by atoms with E-state index in [1.165, 1.54) is 0 Å². The van der Waals surface area contributed by atoms with E-state index in [-0.39, 0.29) is 23.5 Å². The molecule has 0 radical (unpaired) electrons. The number of benzene rings is 1. The molecule has 0 aromatic heterocycles. The first-order valence-electron chi connectivity index (χ1n) is 9.51. The topological polar surface area (TPSA) is 66.9 Å². The van der Waals surface area contributed by atoms with Crippen LogP contribution in [-0.4, -0.2) is 68.9 Å². The molecule has 1 atom stereocenters. The van der Waals surface area contributed by atoms with E-state index >= 15 is 0 Å². The Morgan fingerprint density at radius 2 is 1.93 bits per heavy atom. The van der Waals surface area contributed by atoms with E-state index in [0.29, 0.717) is 38.4 Å². The second-order valence-corrected chi connectivity index (χ2v) is 10.0. The number of hydrogen-bond acceptors (Lipinski definition) is 5. The number of amides is 1. The Morgan fingerprint density at radius 1 is 1.26 bits per heavy atom. The zero-order chi connectivity index (χ0) is 20.0. The SMILES string of the molecule is COc1ccc(CN(CC(C)C)C(=O)CCN(C)[C@H]2CCS(=O)(=O)C2)cc1. The van der Waals surface area contributed by atoms with Crippen molar-refractivity contribution in [2.75, 3.05) is 38.8 Å². The minimum atomic E-state index is -2.91. The van der Waals surface area contributed by atoms with Crippen LogP contribution in [0.1, 0.15) is 32.3 Å². The molecular weight excluding hydrogens is 364 g/mol. The maximum Gasteiger partial charge on any atom is 0.224 e. The van der Waals surface area contributed by atoms with E-state index in [9.17, 15) is 13.2 Å². The third kappa shape index (κ3) is 6.81. The first-order chi connectivity index (χ1) is 12.7. The Kier molecular flexibility index (Phi) is 7.68. The van der Waals surface area contributed by atoms with Gasteiger partial charge >= 0.3 is 0 Å². The van der Waals surface area contributed by atoms with Gasteiger partial charge in [0.15, 0.2) is 9.84 Å². The lowest BCUT2D eigenvalue weighted by Crippen LogP contribution is -2.38. The summed E-state index contributed by atoms with van der Waals surface area (Å²) in [5.41, 5.74) is 1.07. The molecule has 1 aliphatic heterocycles. The number of carbonyl (C=O) groups is 1. The molecule has 1 heterocycles. The standard InChI is InChI=1S/C20H32N2O4S/c1-16(2)13-22(14-17-5-7-19(26-4)8-6-17)20(23)9-11-21(3)18-10-12-27(24,25)15-18/h5-8,16,18H,9-15H2,1-4H3/t18-/m0/s1. The molecule has 1 aromatic rings. The number of nitrogens with zero attached hydrogens (tertiary/aromatic N) is 2. The third-order valence-corrected chi connectivity index (χ3v) is 6.73. The molecule has 27 heavy (non-hydrogen) atoms. The van der Waals surface area contributed by atoms with Crippen LogP contribution in [0.2, 0.25) is 0 Å². The highest BCUT2D eigenvalue weighted by Crippen LogP contribution is 2.18. The highest BCUT2D eigenvalue weighted by molar-refractivity contribution is 7.91. The Bertz CT molecular complexity index is 716. The van der Waals surface area contributed by atoms with E-state index in [2.05, 4.69) is 13.8 Å². The number of methoxy groups -OCH3 is 1. The van der Waals surface area contributed by atoms with Gasteiger partial charge in [-0.05, 0) is 37.1 Å². The highest BCUT2D eigenvalue weighted by Gasteiger charge is 2.30. The van der Waals surface area contributed by atoms with Crippen molar-refractivity contribution in [2.45, 2.75) is 39.3 Å². The quantitative estimate of drug-likeness (QED) is 0.640. The lowest BCUT2D eigenvalue weighted by molar-refractivity contribution is -0.132. The lowest BCUT2D eigenvalue weighted by Gasteiger charge is -2.27. The molecule has 152 valence electrons. The molecule has 0 aliphatic carbocycles. The van der Waals surface area contributed by atoms with Crippen LogP contribution in [0.4, 0.5) is 0 Å². The fourth-order valence-electron chi connectivity index (χ4n) is 3.38. The summed E-state index contributed by atoms with van der Waals surface area (Å²) >= 11 is 0. The average Bonchev–Trinajstić information content (AvgIpc) is 2.99. The average molecular weight is 397 g/mol. The van der Waals surface area contributed by atoms with E-state index in [1.807, 2.05) is 41.1 Å². The van der Waals surface area contributed by atoms with Gasteiger partial charge < -0.3 is 14.5 Å². The second-order valence-electron chi connectivity index (χ2n) is 7.80. The normalized spacial score (nSPS) is 18.8. The van der Waals surface area contributed by atoms with Crippen molar-refractivity contribution in [1.29, 1.82) is 0 Å². The van der Waals surface area contributed by atoms with Crippen molar-refractivity contribution in [3.63, 3.8) is 0 Å². The molecule has 7 heteroatoms. The maximum absolute atomic E-state index is 12.8. The molecule has 1 fully saturated rings. The Morgan fingerprint density at radius 3 is 2.44 bits per heavy atom. The van der Waals surface area contributed by atoms with Crippen molar-refractivity contribution in [3.05, 3.63) is 29.8 Å². The van der Waals surface area contributed by atoms with Gasteiger partial charge in [0.05, 0.1) is 18.6 Å². The van der Waals surface area contributed by atoms with Gasteiger partial charge in [-0.3, -0.25) is 4.79 Å². The fraction of sp³-hybridized carbons (Fsp3) is 0.650. The molecule has 0 N–H and O–H groups in total. The predicted molar refractivity (Wildman–Crippen MR) is 108 cm³/mol. The Balaban J connectivity index is 1.93. The number of hydrogen-bond donors (Lipinski definition) is 0. The van der Waals surface area contributed by atoms with Crippen molar-refractivity contribution in [2.24, 2.45) is 5.92 Å². The highest BCUT2D eigenvalue weighted by atomic mass is 32.2. The molecule has 6 nitrogen and oxygen atoms in total. The minimum absolute atomic E-state index is 0.0305. The van der Waals surface area contributed by atoms with Crippen molar-refractivity contribution in [3.8, 4) is 5.75 Å². The van der Waals surface area contributed by atoms with Gasteiger partial charge in [-0.2, -0.15) is 0 Å². The molecule has 0 bridgehead atoms. The lowest BCUT2D eigenvalue weighted by atomic mass is 10.1. The monoisotopic (exact) mass is 396 g/mol. The van der Waals surface area contributed by atoms with Gasteiger partial charge in [0.1, 0.15) is 5.75 Å².